The normalized spacial score (nSPS) is 10.2. The molecule has 0 radical (unpaired) electrons. The number of carbonyl (C=O) groups is 2. The Morgan fingerprint density at radius 1 is 0.821 bits per heavy atom. The van der Waals surface area contributed by atoms with E-state index < -0.39 is 12.0 Å². The van der Waals surface area contributed by atoms with Gasteiger partial charge in [-0.2, -0.15) is 0 Å². The van der Waals surface area contributed by atoms with Gasteiger partial charge in [-0.25, -0.2) is 9.59 Å². The van der Waals surface area contributed by atoms with Gasteiger partial charge in [0.1, 0.15) is 6.61 Å². The second-order valence-electron chi connectivity index (χ2n) is 5.84. The maximum atomic E-state index is 12.4. The minimum Gasteiger partial charge on any atom is -0.457 e. The average Bonchev–Trinajstić information content (AvgIpc) is 2.70. The Balaban J connectivity index is 1.64. The molecular formula is C21H16Cl2N2O3. The molecule has 142 valence electrons. The van der Waals surface area contributed by atoms with Crippen LogP contribution in [0.15, 0.2) is 72.8 Å². The van der Waals surface area contributed by atoms with Crippen LogP contribution in [-0.4, -0.2) is 12.0 Å². The number of ether oxygens (including phenoxy) is 1. The molecule has 0 fully saturated rings. The lowest BCUT2D eigenvalue weighted by Crippen LogP contribution is -2.19. The van der Waals surface area contributed by atoms with Crippen molar-refractivity contribution in [2.24, 2.45) is 0 Å². The molecule has 0 aliphatic rings. The molecule has 3 aromatic rings. The molecule has 0 atom stereocenters. The first-order chi connectivity index (χ1) is 13.5. The van der Waals surface area contributed by atoms with E-state index in [9.17, 15) is 9.59 Å². The van der Waals surface area contributed by atoms with Crippen molar-refractivity contribution in [2.75, 3.05) is 10.6 Å². The van der Waals surface area contributed by atoms with E-state index in [1.54, 1.807) is 30.3 Å². The van der Waals surface area contributed by atoms with Crippen LogP contribution in [0.3, 0.4) is 0 Å². The number of urea groups is 1. The molecule has 3 aromatic carbocycles. The summed E-state index contributed by atoms with van der Waals surface area (Å²) in [5.41, 5.74) is 2.02. The molecule has 0 aromatic heterocycles. The fourth-order valence-electron chi connectivity index (χ4n) is 2.39. The van der Waals surface area contributed by atoms with Gasteiger partial charge in [-0.3, -0.25) is 0 Å². The molecule has 0 unspecified atom stereocenters. The monoisotopic (exact) mass is 414 g/mol. The largest absolute Gasteiger partial charge is 0.457 e. The topological polar surface area (TPSA) is 67.4 Å². The highest BCUT2D eigenvalue weighted by Gasteiger charge is 2.14. The maximum absolute atomic E-state index is 12.4. The van der Waals surface area contributed by atoms with Gasteiger partial charge in [-0.15, -0.1) is 0 Å². The highest BCUT2D eigenvalue weighted by molar-refractivity contribution is 6.33. The van der Waals surface area contributed by atoms with Crippen LogP contribution >= 0.6 is 23.2 Å². The Kier molecular flexibility index (Phi) is 6.53. The summed E-state index contributed by atoms with van der Waals surface area (Å²) >= 11 is 11.9. The van der Waals surface area contributed by atoms with Crippen molar-refractivity contribution in [1.82, 2.24) is 0 Å². The first kappa shape index (κ1) is 19.7. The van der Waals surface area contributed by atoms with Crippen molar-refractivity contribution in [2.45, 2.75) is 6.61 Å². The van der Waals surface area contributed by atoms with E-state index in [0.717, 1.165) is 5.56 Å². The number of carbonyl (C=O) groups excluding carboxylic acids is 2. The van der Waals surface area contributed by atoms with Crippen LogP contribution in [0.4, 0.5) is 16.2 Å². The van der Waals surface area contributed by atoms with Gasteiger partial charge < -0.3 is 15.4 Å². The zero-order valence-electron chi connectivity index (χ0n) is 14.6. The molecule has 3 rings (SSSR count). The van der Waals surface area contributed by atoms with Crippen LogP contribution in [0.25, 0.3) is 0 Å². The molecule has 0 saturated heterocycles. The van der Waals surface area contributed by atoms with Crippen molar-refractivity contribution >= 4 is 46.6 Å². The zero-order valence-corrected chi connectivity index (χ0v) is 16.1. The minimum atomic E-state index is -0.574. The summed E-state index contributed by atoms with van der Waals surface area (Å²) in [7, 11) is 0. The molecule has 0 aliphatic heterocycles. The molecule has 0 heterocycles. The lowest BCUT2D eigenvalue weighted by Gasteiger charge is -2.11. The third-order valence-electron chi connectivity index (χ3n) is 3.76. The van der Waals surface area contributed by atoms with Gasteiger partial charge in [-0.05, 0) is 48.0 Å². The summed E-state index contributed by atoms with van der Waals surface area (Å²) in [6, 6.07) is 20.1. The van der Waals surface area contributed by atoms with Gasteiger partial charge in [-0.1, -0.05) is 53.5 Å². The van der Waals surface area contributed by atoms with Crippen molar-refractivity contribution in [3.63, 3.8) is 0 Å². The Bertz CT molecular complexity index is 977. The number of amides is 2. The molecule has 28 heavy (non-hydrogen) atoms. The van der Waals surface area contributed by atoms with Crippen molar-refractivity contribution in [3.05, 3.63) is 94.0 Å². The quantitative estimate of drug-likeness (QED) is 0.503. The van der Waals surface area contributed by atoms with Crippen molar-refractivity contribution < 1.29 is 14.3 Å². The predicted octanol–water partition coefficient (Wildman–Crippen LogP) is 5.99. The highest BCUT2D eigenvalue weighted by Crippen LogP contribution is 2.22. The third-order valence-corrected chi connectivity index (χ3v) is 4.34. The van der Waals surface area contributed by atoms with Gasteiger partial charge in [0.05, 0.1) is 10.6 Å². The molecular weight excluding hydrogens is 399 g/mol. The van der Waals surface area contributed by atoms with Crippen LogP contribution in [0.2, 0.25) is 10.0 Å². The lowest BCUT2D eigenvalue weighted by atomic mass is 10.2. The number of anilines is 2. The number of rotatable bonds is 5. The number of hydrogen-bond acceptors (Lipinski definition) is 3. The molecule has 7 heteroatoms. The molecule has 0 bridgehead atoms. The Morgan fingerprint density at radius 3 is 2.18 bits per heavy atom. The standard InChI is InChI=1S/C21H16Cl2N2O3/c22-15-6-8-16(9-7-15)24-21(27)25-17-10-11-19(23)18(12-17)20(26)28-13-14-4-2-1-3-5-14/h1-12H,13H2,(H2,24,25,27). The Hall–Kier alpha value is -3.02. The summed E-state index contributed by atoms with van der Waals surface area (Å²) in [5.74, 6) is -0.574. The van der Waals surface area contributed by atoms with E-state index in [1.165, 1.54) is 12.1 Å². The summed E-state index contributed by atoms with van der Waals surface area (Å²) in [6.07, 6.45) is 0. The zero-order chi connectivity index (χ0) is 19.9. The van der Waals surface area contributed by atoms with Gasteiger partial charge in [0.25, 0.3) is 0 Å². The fraction of sp³-hybridized carbons (Fsp3) is 0.0476. The van der Waals surface area contributed by atoms with Crippen LogP contribution in [0.5, 0.6) is 0 Å². The molecule has 0 spiro atoms. The number of nitrogens with one attached hydrogen (secondary N) is 2. The van der Waals surface area contributed by atoms with Crippen molar-refractivity contribution in [1.29, 1.82) is 0 Å². The smallest absolute Gasteiger partial charge is 0.340 e. The number of halogens is 2. The van der Waals surface area contributed by atoms with E-state index in [0.29, 0.717) is 16.4 Å². The first-order valence-corrected chi connectivity index (χ1v) is 9.11. The third kappa shape index (κ3) is 5.49. The average molecular weight is 415 g/mol. The van der Waals surface area contributed by atoms with Crippen LogP contribution in [0.1, 0.15) is 15.9 Å². The molecule has 5 nitrogen and oxygen atoms in total. The summed E-state index contributed by atoms with van der Waals surface area (Å²) in [4.78, 5) is 24.5. The van der Waals surface area contributed by atoms with E-state index in [1.807, 2.05) is 30.3 Å². The van der Waals surface area contributed by atoms with Crippen molar-refractivity contribution in [3.8, 4) is 0 Å². The predicted molar refractivity (Wildman–Crippen MR) is 111 cm³/mol. The number of esters is 1. The number of hydrogen-bond donors (Lipinski definition) is 2. The van der Waals surface area contributed by atoms with Crippen LogP contribution in [-0.2, 0) is 11.3 Å². The molecule has 0 saturated carbocycles. The maximum Gasteiger partial charge on any atom is 0.340 e. The van der Waals surface area contributed by atoms with Gasteiger partial charge in [0, 0.05) is 16.4 Å². The minimum absolute atomic E-state index is 0.130. The first-order valence-electron chi connectivity index (χ1n) is 8.35. The van der Waals surface area contributed by atoms with E-state index in [2.05, 4.69) is 10.6 Å². The van der Waals surface area contributed by atoms with Gasteiger partial charge in [0.2, 0.25) is 0 Å². The molecule has 0 aliphatic carbocycles. The number of benzene rings is 3. The second-order valence-corrected chi connectivity index (χ2v) is 6.69. The van der Waals surface area contributed by atoms with E-state index >= 15 is 0 Å². The summed E-state index contributed by atoms with van der Waals surface area (Å²) in [5, 5.41) is 6.13. The Labute approximate surface area is 172 Å². The SMILES string of the molecule is O=C(Nc1ccc(Cl)cc1)Nc1ccc(Cl)c(C(=O)OCc2ccccc2)c1. The summed E-state index contributed by atoms with van der Waals surface area (Å²) < 4.78 is 5.30. The van der Waals surface area contributed by atoms with Crippen LogP contribution in [0, 0.1) is 0 Å². The van der Waals surface area contributed by atoms with Crippen LogP contribution < -0.4 is 10.6 Å². The van der Waals surface area contributed by atoms with Gasteiger partial charge >= 0.3 is 12.0 Å². The Morgan fingerprint density at radius 2 is 1.46 bits per heavy atom. The van der Waals surface area contributed by atoms with Gasteiger partial charge in [0.15, 0.2) is 0 Å². The van der Waals surface area contributed by atoms with E-state index in [-0.39, 0.29) is 17.2 Å². The second kappa shape index (κ2) is 9.26. The summed E-state index contributed by atoms with van der Waals surface area (Å²) in [6.45, 7) is 0.130. The van der Waals surface area contributed by atoms with E-state index in [4.69, 9.17) is 27.9 Å². The molecule has 2 N–H and O–H groups in total. The highest BCUT2D eigenvalue weighted by atomic mass is 35.5. The molecule has 2 amide bonds. The fourth-order valence-corrected chi connectivity index (χ4v) is 2.71. The lowest BCUT2D eigenvalue weighted by molar-refractivity contribution is 0.0473.